The zero-order valence-corrected chi connectivity index (χ0v) is 15.3. The molecule has 0 atom stereocenters. The fourth-order valence-corrected chi connectivity index (χ4v) is 3.40. The number of ether oxygens (including phenoxy) is 1. The van der Waals surface area contributed by atoms with Crippen LogP contribution in [0.2, 0.25) is 0 Å². The van der Waals surface area contributed by atoms with Crippen LogP contribution < -0.4 is 10.2 Å². The van der Waals surface area contributed by atoms with Gasteiger partial charge in [0.15, 0.2) is 0 Å². The van der Waals surface area contributed by atoms with Crippen molar-refractivity contribution >= 4 is 17.9 Å². The quantitative estimate of drug-likeness (QED) is 0.880. The molecule has 3 heterocycles. The number of nitrogens with zero attached hydrogens (tertiary/aromatic N) is 4. The lowest BCUT2D eigenvalue weighted by Gasteiger charge is -2.31. The van der Waals surface area contributed by atoms with Crippen LogP contribution in [0, 0.1) is 0 Å². The van der Waals surface area contributed by atoms with Crippen LogP contribution >= 0.6 is 0 Å². The van der Waals surface area contributed by atoms with Crippen molar-refractivity contribution in [3.05, 3.63) is 18.0 Å². The van der Waals surface area contributed by atoms with E-state index in [1.54, 1.807) is 24.1 Å². The largest absolute Gasteiger partial charge is 0.450 e. The second-order valence-corrected chi connectivity index (χ2v) is 6.72. The number of hydrogen-bond donors (Lipinski definition) is 1. The summed E-state index contributed by atoms with van der Waals surface area (Å²) in [5.74, 6) is 0.453. The highest BCUT2D eigenvalue weighted by Gasteiger charge is 2.25. The molecule has 1 aromatic rings. The molecule has 2 saturated heterocycles. The lowest BCUT2D eigenvalue weighted by Crippen LogP contribution is -2.46. The van der Waals surface area contributed by atoms with Gasteiger partial charge in [0.1, 0.15) is 5.69 Å². The number of rotatable bonds is 4. The molecule has 2 fully saturated rings. The third kappa shape index (κ3) is 4.62. The van der Waals surface area contributed by atoms with Gasteiger partial charge in [0.05, 0.1) is 6.61 Å². The zero-order valence-electron chi connectivity index (χ0n) is 15.3. The number of amides is 2. The first kappa shape index (κ1) is 18.4. The first-order chi connectivity index (χ1) is 12.7. The topological polar surface area (TPSA) is 87.7 Å². The van der Waals surface area contributed by atoms with Gasteiger partial charge in [0.25, 0.3) is 5.91 Å². The minimum Gasteiger partial charge on any atom is -0.450 e. The molecule has 1 N–H and O–H groups in total. The molecule has 1 aromatic heterocycles. The maximum absolute atomic E-state index is 12.5. The fraction of sp³-hybridized carbons (Fsp3) is 0.667. The summed E-state index contributed by atoms with van der Waals surface area (Å²) in [6, 6.07) is 1.69. The number of hydrogen-bond acceptors (Lipinski definition) is 6. The molecule has 2 aliphatic rings. The SMILES string of the molecule is CCOC(=O)N1CCC(NC(=O)c2ccnc(N3CCCCC3)n2)CC1. The van der Waals surface area contributed by atoms with Gasteiger partial charge >= 0.3 is 6.09 Å². The predicted octanol–water partition coefficient (Wildman–Crippen LogP) is 1.82. The standard InChI is InChI=1S/C18H27N5O3/c1-2-26-18(25)23-12-7-14(8-13-23)20-16(24)15-6-9-19-17(21-15)22-10-4-3-5-11-22/h6,9,14H,2-5,7-8,10-13H2,1H3,(H,20,24). The molecule has 8 nitrogen and oxygen atoms in total. The van der Waals surface area contributed by atoms with E-state index < -0.39 is 0 Å². The Balaban J connectivity index is 1.53. The summed E-state index contributed by atoms with van der Waals surface area (Å²) >= 11 is 0. The second kappa shape index (κ2) is 8.82. The number of carbonyl (C=O) groups excluding carboxylic acids is 2. The highest BCUT2D eigenvalue weighted by atomic mass is 16.6. The van der Waals surface area contributed by atoms with Gasteiger partial charge in [-0.1, -0.05) is 0 Å². The Bertz CT molecular complexity index is 625. The molecule has 0 aliphatic carbocycles. The average Bonchev–Trinajstić information content (AvgIpc) is 2.69. The maximum atomic E-state index is 12.5. The molecule has 0 spiro atoms. The average molecular weight is 361 g/mol. The van der Waals surface area contributed by atoms with Crippen LogP contribution in [-0.4, -0.2) is 65.7 Å². The van der Waals surface area contributed by atoms with Gasteiger partial charge in [-0.25, -0.2) is 14.8 Å². The van der Waals surface area contributed by atoms with Crippen molar-refractivity contribution < 1.29 is 14.3 Å². The Labute approximate surface area is 153 Å². The Morgan fingerprint density at radius 2 is 1.92 bits per heavy atom. The number of nitrogens with one attached hydrogen (secondary N) is 1. The molecule has 0 radical (unpaired) electrons. The van der Waals surface area contributed by atoms with E-state index >= 15 is 0 Å². The molecule has 8 heteroatoms. The van der Waals surface area contributed by atoms with E-state index in [4.69, 9.17) is 4.74 Å². The molecular weight excluding hydrogens is 334 g/mol. The van der Waals surface area contributed by atoms with E-state index in [0.29, 0.717) is 44.2 Å². The molecule has 0 aromatic carbocycles. The van der Waals surface area contributed by atoms with Crippen molar-refractivity contribution in [2.45, 2.75) is 45.1 Å². The highest BCUT2D eigenvalue weighted by Crippen LogP contribution is 2.16. The number of likely N-dealkylation sites (tertiary alicyclic amines) is 1. The Hall–Kier alpha value is -2.38. The monoisotopic (exact) mass is 361 g/mol. The number of carbonyl (C=O) groups is 2. The van der Waals surface area contributed by atoms with E-state index in [2.05, 4.69) is 20.2 Å². The lowest BCUT2D eigenvalue weighted by molar-refractivity contribution is 0.0856. The van der Waals surface area contributed by atoms with Crippen molar-refractivity contribution in [3.63, 3.8) is 0 Å². The molecule has 0 bridgehead atoms. The molecule has 0 saturated carbocycles. The maximum Gasteiger partial charge on any atom is 0.409 e. The minimum absolute atomic E-state index is 0.0431. The molecule has 0 unspecified atom stereocenters. The number of anilines is 1. The van der Waals surface area contributed by atoms with Gasteiger partial charge in [-0.05, 0) is 45.1 Å². The van der Waals surface area contributed by atoms with E-state index in [-0.39, 0.29) is 18.0 Å². The summed E-state index contributed by atoms with van der Waals surface area (Å²) in [7, 11) is 0. The molecule has 2 aliphatic heterocycles. The summed E-state index contributed by atoms with van der Waals surface area (Å²) in [4.78, 5) is 36.9. The summed E-state index contributed by atoms with van der Waals surface area (Å²) < 4.78 is 5.02. The van der Waals surface area contributed by atoms with E-state index in [0.717, 1.165) is 25.9 Å². The van der Waals surface area contributed by atoms with E-state index in [1.165, 1.54) is 6.42 Å². The van der Waals surface area contributed by atoms with Crippen LogP contribution in [0.5, 0.6) is 0 Å². The van der Waals surface area contributed by atoms with Crippen molar-refractivity contribution in [3.8, 4) is 0 Å². The van der Waals surface area contributed by atoms with E-state index in [1.807, 2.05) is 0 Å². The van der Waals surface area contributed by atoms with Crippen molar-refractivity contribution in [1.82, 2.24) is 20.2 Å². The first-order valence-electron chi connectivity index (χ1n) is 9.48. The van der Waals surface area contributed by atoms with Gasteiger partial charge in [0, 0.05) is 38.4 Å². The molecule has 3 rings (SSSR count). The Kier molecular flexibility index (Phi) is 6.25. The van der Waals surface area contributed by atoms with Crippen LogP contribution in [0.1, 0.15) is 49.5 Å². The fourth-order valence-electron chi connectivity index (χ4n) is 3.40. The van der Waals surface area contributed by atoms with Crippen LogP contribution in [-0.2, 0) is 4.74 Å². The van der Waals surface area contributed by atoms with Gasteiger partial charge in [0.2, 0.25) is 5.95 Å². The normalized spacial score (nSPS) is 18.5. The van der Waals surface area contributed by atoms with Crippen LogP contribution in [0.4, 0.5) is 10.7 Å². The Morgan fingerprint density at radius 1 is 1.19 bits per heavy atom. The number of piperidine rings is 2. The highest BCUT2D eigenvalue weighted by molar-refractivity contribution is 5.92. The van der Waals surface area contributed by atoms with Gasteiger partial charge in [-0.15, -0.1) is 0 Å². The van der Waals surface area contributed by atoms with Crippen molar-refractivity contribution in [1.29, 1.82) is 0 Å². The Morgan fingerprint density at radius 3 is 2.62 bits per heavy atom. The number of aromatic nitrogens is 2. The van der Waals surface area contributed by atoms with Gasteiger partial charge in [-0.2, -0.15) is 0 Å². The molecule has 26 heavy (non-hydrogen) atoms. The second-order valence-electron chi connectivity index (χ2n) is 6.72. The summed E-state index contributed by atoms with van der Waals surface area (Å²) in [5, 5.41) is 3.03. The first-order valence-corrected chi connectivity index (χ1v) is 9.48. The van der Waals surface area contributed by atoms with Gasteiger partial charge in [-0.3, -0.25) is 4.79 Å². The van der Waals surface area contributed by atoms with E-state index in [9.17, 15) is 9.59 Å². The van der Waals surface area contributed by atoms with Crippen LogP contribution in [0.3, 0.4) is 0 Å². The molecule has 142 valence electrons. The lowest BCUT2D eigenvalue weighted by atomic mass is 10.1. The third-order valence-corrected chi connectivity index (χ3v) is 4.87. The zero-order chi connectivity index (χ0) is 18.4. The van der Waals surface area contributed by atoms with Crippen molar-refractivity contribution in [2.75, 3.05) is 37.7 Å². The molecule has 2 amide bonds. The third-order valence-electron chi connectivity index (χ3n) is 4.87. The van der Waals surface area contributed by atoms with Crippen LogP contribution in [0.25, 0.3) is 0 Å². The minimum atomic E-state index is -0.278. The predicted molar refractivity (Wildman–Crippen MR) is 97.2 cm³/mol. The molecular formula is C18H27N5O3. The smallest absolute Gasteiger partial charge is 0.409 e. The summed E-state index contributed by atoms with van der Waals surface area (Å²) in [6.07, 6.45) is 6.32. The summed E-state index contributed by atoms with van der Waals surface area (Å²) in [6.45, 7) is 5.24. The van der Waals surface area contributed by atoms with Gasteiger partial charge < -0.3 is 19.9 Å². The van der Waals surface area contributed by atoms with Crippen molar-refractivity contribution in [2.24, 2.45) is 0 Å². The van der Waals surface area contributed by atoms with Crippen LogP contribution in [0.15, 0.2) is 12.3 Å². The summed E-state index contributed by atoms with van der Waals surface area (Å²) in [5.41, 5.74) is 0.397.